The number of ether oxygens (including phenoxy) is 1. The fraction of sp³-hybridized carbons (Fsp3) is 0.294. The summed E-state index contributed by atoms with van der Waals surface area (Å²) in [5.74, 6) is 1.25. The number of amides is 1. The van der Waals surface area contributed by atoms with E-state index in [1.807, 2.05) is 30.3 Å². The van der Waals surface area contributed by atoms with Gasteiger partial charge in [-0.2, -0.15) is 0 Å². The van der Waals surface area contributed by atoms with Gasteiger partial charge in [0.1, 0.15) is 5.75 Å². The lowest BCUT2D eigenvalue weighted by atomic mass is 10.1. The number of rotatable bonds is 5. The van der Waals surface area contributed by atoms with Crippen LogP contribution in [0, 0.1) is 0 Å². The lowest BCUT2D eigenvalue weighted by Gasteiger charge is -2.10. The van der Waals surface area contributed by atoms with Crippen molar-refractivity contribution in [2.75, 3.05) is 11.9 Å². The van der Waals surface area contributed by atoms with Gasteiger partial charge in [0.05, 0.1) is 11.9 Å². The summed E-state index contributed by atoms with van der Waals surface area (Å²) < 4.78 is 5.61. The van der Waals surface area contributed by atoms with E-state index in [0.717, 1.165) is 25.1 Å². The number of nitrogens with zero attached hydrogens (tertiary/aromatic N) is 1. The molecule has 0 bridgehead atoms. The molecule has 0 spiro atoms. The highest BCUT2D eigenvalue weighted by atomic mass is 16.5. The molecule has 0 radical (unpaired) electrons. The van der Waals surface area contributed by atoms with Crippen molar-refractivity contribution >= 4 is 11.6 Å². The van der Waals surface area contributed by atoms with Gasteiger partial charge in [-0.15, -0.1) is 0 Å². The maximum absolute atomic E-state index is 11.9. The van der Waals surface area contributed by atoms with Gasteiger partial charge in [-0.05, 0) is 37.6 Å². The molecule has 114 valence electrons. The smallest absolute Gasteiger partial charge is 0.225 e. The molecule has 2 aromatic rings. The third-order valence-corrected chi connectivity index (χ3v) is 3.58. The lowest BCUT2D eigenvalue weighted by Crippen LogP contribution is -2.27. The molecule has 1 aromatic carbocycles. The van der Waals surface area contributed by atoms with Crippen LogP contribution in [0.15, 0.2) is 48.7 Å². The molecule has 22 heavy (non-hydrogen) atoms. The van der Waals surface area contributed by atoms with Gasteiger partial charge in [0.2, 0.25) is 11.8 Å². The lowest BCUT2D eigenvalue weighted by molar-refractivity contribution is -0.116. The fourth-order valence-electron chi connectivity index (χ4n) is 2.49. The SMILES string of the molecule is O=C(CC1CCCN1)Nc1ccc(Oc2ccccc2)nc1. The van der Waals surface area contributed by atoms with E-state index in [1.54, 1.807) is 18.3 Å². The Labute approximate surface area is 129 Å². The molecule has 1 amide bonds. The average molecular weight is 297 g/mol. The Hall–Kier alpha value is -2.40. The van der Waals surface area contributed by atoms with Gasteiger partial charge in [0.15, 0.2) is 0 Å². The van der Waals surface area contributed by atoms with E-state index < -0.39 is 0 Å². The topological polar surface area (TPSA) is 63.2 Å². The summed E-state index contributed by atoms with van der Waals surface area (Å²) in [4.78, 5) is 16.1. The Morgan fingerprint density at radius 3 is 2.82 bits per heavy atom. The number of benzene rings is 1. The standard InChI is InChI=1S/C17H19N3O2/c21-16(11-13-5-4-10-18-13)20-14-8-9-17(19-12-14)22-15-6-2-1-3-7-15/h1-3,6-9,12-13,18H,4-5,10-11H2,(H,20,21). The summed E-state index contributed by atoms with van der Waals surface area (Å²) >= 11 is 0. The minimum atomic E-state index is 0.0120. The molecule has 1 aliphatic rings. The maximum atomic E-state index is 11.9. The number of hydrogen-bond acceptors (Lipinski definition) is 4. The van der Waals surface area contributed by atoms with Crippen molar-refractivity contribution in [3.63, 3.8) is 0 Å². The van der Waals surface area contributed by atoms with E-state index in [0.29, 0.717) is 24.0 Å². The van der Waals surface area contributed by atoms with Crippen LogP contribution in [0.4, 0.5) is 5.69 Å². The van der Waals surface area contributed by atoms with Gasteiger partial charge >= 0.3 is 0 Å². The predicted octanol–water partition coefficient (Wildman–Crippen LogP) is 2.95. The molecule has 5 nitrogen and oxygen atoms in total. The monoisotopic (exact) mass is 297 g/mol. The number of pyridine rings is 1. The van der Waals surface area contributed by atoms with Crippen LogP contribution in [-0.4, -0.2) is 23.5 Å². The minimum Gasteiger partial charge on any atom is -0.439 e. The summed E-state index contributed by atoms with van der Waals surface area (Å²) in [5.41, 5.74) is 0.684. The van der Waals surface area contributed by atoms with Crippen LogP contribution in [0.3, 0.4) is 0 Å². The maximum Gasteiger partial charge on any atom is 0.225 e. The Morgan fingerprint density at radius 2 is 2.14 bits per heavy atom. The largest absolute Gasteiger partial charge is 0.439 e. The van der Waals surface area contributed by atoms with Crippen LogP contribution < -0.4 is 15.4 Å². The molecular weight excluding hydrogens is 278 g/mol. The molecule has 0 aliphatic carbocycles. The van der Waals surface area contributed by atoms with Crippen molar-refractivity contribution in [2.45, 2.75) is 25.3 Å². The van der Waals surface area contributed by atoms with Crippen molar-refractivity contribution in [1.29, 1.82) is 0 Å². The zero-order chi connectivity index (χ0) is 15.2. The fourth-order valence-corrected chi connectivity index (χ4v) is 2.49. The second-order valence-corrected chi connectivity index (χ2v) is 5.35. The van der Waals surface area contributed by atoms with Crippen molar-refractivity contribution in [3.8, 4) is 11.6 Å². The van der Waals surface area contributed by atoms with Crippen molar-refractivity contribution in [2.24, 2.45) is 0 Å². The van der Waals surface area contributed by atoms with Crippen molar-refractivity contribution < 1.29 is 9.53 Å². The number of para-hydroxylation sites is 1. The second kappa shape index (κ2) is 7.04. The molecule has 1 saturated heterocycles. The predicted molar refractivity (Wildman–Crippen MR) is 85.0 cm³/mol. The molecule has 5 heteroatoms. The highest BCUT2D eigenvalue weighted by Crippen LogP contribution is 2.20. The number of carbonyl (C=O) groups excluding carboxylic acids is 1. The van der Waals surface area contributed by atoms with E-state index in [2.05, 4.69) is 15.6 Å². The van der Waals surface area contributed by atoms with Gasteiger partial charge in [-0.25, -0.2) is 4.98 Å². The van der Waals surface area contributed by atoms with Crippen molar-refractivity contribution in [3.05, 3.63) is 48.7 Å². The first-order valence-corrected chi connectivity index (χ1v) is 7.52. The number of nitrogens with one attached hydrogen (secondary N) is 2. The van der Waals surface area contributed by atoms with Crippen LogP contribution in [0.5, 0.6) is 11.6 Å². The Morgan fingerprint density at radius 1 is 1.27 bits per heavy atom. The minimum absolute atomic E-state index is 0.0120. The number of anilines is 1. The molecule has 1 aliphatic heterocycles. The summed E-state index contributed by atoms with van der Waals surface area (Å²) in [7, 11) is 0. The molecule has 3 rings (SSSR count). The zero-order valence-electron chi connectivity index (χ0n) is 12.3. The van der Waals surface area contributed by atoms with Gasteiger partial charge in [0, 0.05) is 18.5 Å². The molecule has 2 N–H and O–H groups in total. The quantitative estimate of drug-likeness (QED) is 0.890. The zero-order valence-corrected chi connectivity index (χ0v) is 12.3. The molecule has 0 saturated carbocycles. The van der Waals surface area contributed by atoms with Gasteiger partial charge in [-0.3, -0.25) is 4.79 Å². The first-order chi connectivity index (χ1) is 10.8. The summed E-state index contributed by atoms with van der Waals surface area (Å²) in [6.07, 6.45) is 4.32. The molecule has 2 heterocycles. The van der Waals surface area contributed by atoms with Gasteiger partial charge in [0.25, 0.3) is 0 Å². The normalized spacial score (nSPS) is 17.2. The van der Waals surface area contributed by atoms with Crippen LogP contribution in [0.25, 0.3) is 0 Å². The van der Waals surface area contributed by atoms with Crippen LogP contribution >= 0.6 is 0 Å². The first-order valence-electron chi connectivity index (χ1n) is 7.52. The highest BCUT2D eigenvalue weighted by molar-refractivity contribution is 5.90. The van der Waals surface area contributed by atoms with Gasteiger partial charge < -0.3 is 15.4 Å². The van der Waals surface area contributed by atoms with E-state index in [-0.39, 0.29) is 5.91 Å². The molecule has 1 aromatic heterocycles. The van der Waals surface area contributed by atoms with Crippen LogP contribution in [0.2, 0.25) is 0 Å². The molecule has 1 fully saturated rings. The molecule has 1 atom stereocenters. The Balaban J connectivity index is 1.53. The summed E-state index contributed by atoms with van der Waals surface area (Å²) in [6.45, 7) is 1.00. The third-order valence-electron chi connectivity index (χ3n) is 3.58. The number of hydrogen-bond donors (Lipinski definition) is 2. The van der Waals surface area contributed by atoms with Crippen molar-refractivity contribution in [1.82, 2.24) is 10.3 Å². The Kier molecular flexibility index (Phi) is 4.65. The molecular formula is C17H19N3O2. The Bertz CT molecular complexity index is 608. The van der Waals surface area contributed by atoms with Crippen LogP contribution in [0.1, 0.15) is 19.3 Å². The van der Waals surface area contributed by atoms with Gasteiger partial charge in [-0.1, -0.05) is 18.2 Å². The van der Waals surface area contributed by atoms with Crippen LogP contribution in [-0.2, 0) is 4.79 Å². The number of aromatic nitrogens is 1. The van der Waals surface area contributed by atoms with E-state index >= 15 is 0 Å². The highest BCUT2D eigenvalue weighted by Gasteiger charge is 2.17. The van der Waals surface area contributed by atoms with E-state index in [1.165, 1.54) is 0 Å². The molecule has 1 unspecified atom stereocenters. The van der Waals surface area contributed by atoms with E-state index in [4.69, 9.17) is 4.74 Å². The average Bonchev–Trinajstić information content (AvgIpc) is 3.03. The van der Waals surface area contributed by atoms with E-state index in [9.17, 15) is 4.79 Å². The summed E-state index contributed by atoms with van der Waals surface area (Å²) in [6, 6.07) is 13.3. The number of carbonyl (C=O) groups is 1. The third kappa shape index (κ3) is 4.05. The first kappa shape index (κ1) is 14.5. The summed E-state index contributed by atoms with van der Waals surface area (Å²) in [5, 5.41) is 6.18. The second-order valence-electron chi connectivity index (χ2n) is 5.35.